The lowest BCUT2D eigenvalue weighted by molar-refractivity contribution is -0.131. The number of fused-ring (bicyclic) bond motifs is 1. The molecule has 0 aliphatic heterocycles. The van der Waals surface area contributed by atoms with Crippen LogP contribution < -0.4 is 15.4 Å². The van der Waals surface area contributed by atoms with Crippen LogP contribution in [0.5, 0.6) is 5.75 Å². The molecule has 4 rings (SSSR count). The zero-order chi connectivity index (χ0) is 22.5. The molecule has 32 heavy (non-hydrogen) atoms. The minimum atomic E-state index is -0.453. The van der Waals surface area contributed by atoms with E-state index in [1.54, 1.807) is 60.9 Å². The molecule has 3 N–H and O–H groups in total. The molecule has 0 radical (unpaired) electrons. The summed E-state index contributed by atoms with van der Waals surface area (Å²) in [5.41, 5.74) is 3.89. The zero-order valence-electron chi connectivity index (χ0n) is 17.2. The number of carbonyl (C=O) groups is 3. The number of hydrogen-bond acceptors (Lipinski definition) is 5. The standard InChI is InChI=1S/C24H20N4O4/c1-15(29)32-20-7-3-5-17(11-20)23(30)25-13-16-4-2-6-19(10-16)28-24(31)18-8-9-21-22(12-18)27-14-26-21/h2-12,14H,13H2,1H3,(H,25,30)(H,26,27)(H,28,31). The van der Waals surface area contributed by atoms with Gasteiger partial charge in [-0.3, -0.25) is 14.4 Å². The van der Waals surface area contributed by atoms with Crippen molar-refractivity contribution in [1.82, 2.24) is 15.3 Å². The number of rotatable bonds is 6. The summed E-state index contributed by atoms with van der Waals surface area (Å²) in [5, 5.41) is 5.69. The number of aromatic amines is 1. The van der Waals surface area contributed by atoms with Gasteiger partial charge in [0, 0.05) is 30.3 Å². The number of nitrogens with zero attached hydrogens (tertiary/aromatic N) is 1. The van der Waals surface area contributed by atoms with Crippen molar-refractivity contribution in [2.75, 3.05) is 5.32 Å². The summed E-state index contributed by atoms with van der Waals surface area (Å²) in [6, 6.07) is 18.8. The first-order valence-electron chi connectivity index (χ1n) is 9.88. The highest BCUT2D eigenvalue weighted by atomic mass is 16.5. The van der Waals surface area contributed by atoms with E-state index in [0.717, 1.165) is 16.6 Å². The maximum atomic E-state index is 12.6. The Morgan fingerprint density at radius 2 is 1.75 bits per heavy atom. The second kappa shape index (κ2) is 9.13. The van der Waals surface area contributed by atoms with E-state index in [1.165, 1.54) is 13.0 Å². The third kappa shape index (κ3) is 4.99. The molecule has 2 amide bonds. The van der Waals surface area contributed by atoms with Crippen LogP contribution in [0.2, 0.25) is 0 Å². The number of esters is 1. The van der Waals surface area contributed by atoms with Crippen LogP contribution >= 0.6 is 0 Å². The van der Waals surface area contributed by atoms with Gasteiger partial charge in [0.2, 0.25) is 0 Å². The van der Waals surface area contributed by atoms with Gasteiger partial charge in [0.1, 0.15) is 5.75 Å². The van der Waals surface area contributed by atoms with Crippen molar-refractivity contribution < 1.29 is 19.1 Å². The number of carbonyl (C=O) groups excluding carboxylic acids is 3. The van der Waals surface area contributed by atoms with Crippen molar-refractivity contribution in [2.24, 2.45) is 0 Å². The van der Waals surface area contributed by atoms with Crippen molar-refractivity contribution in [3.05, 3.63) is 89.7 Å². The normalized spacial score (nSPS) is 10.5. The van der Waals surface area contributed by atoms with Crippen LogP contribution in [-0.2, 0) is 11.3 Å². The van der Waals surface area contributed by atoms with Gasteiger partial charge in [-0.1, -0.05) is 18.2 Å². The number of imidazole rings is 1. The van der Waals surface area contributed by atoms with Crippen LogP contribution in [0.3, 0.4) is 0 Å². The summed E-state index contributed by atoms with van der Waals surface area (Å²) in [6.07, 6.45) is 1.58. The van der Waals surface area contributed by atoms with Crippen molar-refractivity contribution in [2.45, 2.75) is 13.5 Å². The predicted molar refractivity (Wildman–Crippen MR) is 119 cm³/mol. The van der Waals surface area contributed by atoms with Crippen LogP contribution in [0.15, 0.2) is 73.1 Å². The average Bonchev–Trinajstić information content (AvgIpc) is 3.25. The molecule has 0 saturated heterocycles. The SMILES string of the molecule is CC(=O)Oc1cccc(C(=O)NCc2cccc(NC(=O)c3ccc4nc[nH]c4c3)c2)c1. The molecule has 0 saturated carbocycles. The smallest absolute Gasteiger partial charge is 0.308 e. The third-order valence-corrected chi connectivity index (χ3v) is 4.68. The third-order valence-electron chi connectivity index (χ3n) is 4.68. The van der Waals surface area contributed by atoms with E-state index in [2.05, 4.69) is 20.6 Å². The van der Waals surface area contributed by atoms with E-state index < -0.39 is 5.97 Å². The number of hydrogen-bond donors (Lipinski definition) is 3. The average molecular weight is 428 g/mol. The number of anilines is 1. The van der Waals surface area contributed by atoms with Gasteiger partial charge < -0.3 is 20.4 Å². The van der Waals surface area contributed by atoms with Crippen LogP contribution in [0.1, 0.15) is 33.2 Å². The molecular weight excluding hydrogens is 408 g/mol. The highest BCUT2D eigenvalue weighted by Crippen LogP contribution is 2.16. The van der Waals surface area contributed by atoms with Gasteiger partial charge in [0.05, 0.1) is 17.4 Å². The van der Waals surface area contributed by atoms with E-state index >= 15 is 0 Å². The zero-order valence-corrected chi connectivity index (χ0v) is 17.2. The van der Waals surface area contributed by atoms with Crippen molar-refractivity contribution in [1.29, 1.82) is 0 Å². The molecule has 0 fully saturated rings. The molecule has 0 unspecified atom stereocenters. The first-order valence-corrected chi connectivity index (χ1v) is 9.88. The number of aromatic nitrogens is 2. The minimum Gasteiger partial charge on any atom is -0.427 e. The number of ether oxygens (including phenoxy) is 1. The lowest BCUT2D eigenvalue weighted by Crippen LogP contribution is -2.23. The summed E-state index contributed by atoms with van der Waals surface area (Å²) < 4.78 is 5.01. The Hall–Kier alpha value is -4.46. The molecular formula is C24H20N4O4. The molecule has 3 aromatic carbocycles. The Morgan fingerprint density at radius 3 is 2.59 bits per heavy atom. The number of nitrogens with one attached hydrogen (secondary N) is 3. The summed E-state index contributed by atoms with van der Waals surface area (Å²) in [4.78, 5) is 43.3. The second-order valence-corrected chi connectivity index (χ2v) is 7.09. The van der Waals surface area contributed by atoms with E-state index in [-0.39, 0.29) is 18.4 Å². The largest absolute Gasteiger partial charge is 0.427 e. The highest BCUT2D eigenvalue weighted by Gasteiger charge is 2.10. The minimum absolute atomic E-state index is 0.245. The molecule has 0 aliphatic carbocycles. The fraction of sp³-hybridized carbons (Fsp3) is 0.0833. The Balaban J connectivity index is 1.39. The Morgan fingerprint density at radius 1 is 0.938 bits per heavy atom. The number of amides is 2. The maximum absolute atomic E-state index is 12.6. The fourth-order valence-electron chi connectivity index (χ4n) is 3.19. The van der Waals surface area contributed by atoms with Gasteiger partial charge >= 0.3 is 5.97 Å². The van der Waals surface area contributed by atoms with Gasteiger partial charge in [0.15, 0.2) is 0 Å². The first kappa shape index (κ1) is 20.8. The van der Waals surface area contributed by atoms with Crippen LogP contribution in [0.4, 0.5) is 5.69 Å². The number of H-pyrrole nitrogens is 1. The van der Waals surface area contributed by atoms with E-state index in [0.29, 0.717) is 22.6 Å². The summed E-state index contributed by atoms with van der Waals surface area (Å²) in [6.45, 7) is 1.56. The quantitative estimate of drug-likeness (QED) is 0.320. The molecule has 0 atom stereocenters. The summed E-state index contributed by atoms with van der Waals surface area (Å²) in [7, 11) is 0. The molecule has 0 spiro atoms. The monoisotopic (exact) mass is 428 g/mol. The molecule has 1 heterocycles. The van der Waals surface area contributed by atoms with Crippen molar-refractivity contribution in [3.8, 4) is 5.75 Å². The van der Waals surface area contributed by atoms with Gasteiger partial charge in [-0.2, -0.15) is 0 Å². The van der Waals surface area contributed by atoms with Crippen LogP contribution in [0, 0.1) is 0 Å². The van der Waals surface area contributed by atoms with Crippen molar-refractivity contribution in [3.63, 3.8) is 0 Å². The lowest BCUT2D eigenvalue weighted by atomic mass is 10.1. The molecule has 4 aromatic rings. The Bertz CT molecular complexity index is 1310. The molecule has 8 heteroatoms. The van der Waals surface area contributed by atoms with Gasteiger partial charge in [-0.05, 0) is 54.1 Å². The van der Waals surface area contributed by atoms with Crippen molar-refractivity contribution >= 4 is 34.5 Å². The van der Waals surface area contributed by atoms with Gasteiger partial charge in [-0.25, -0.2) is 4.98 Å². The maximum Gasteiger partial charge on any atom is 0.308 e. The lowest BCUT2D eigenvalue weighted by Gasteiger charge is -2.10. The Labute approximate surface area is 183 Å². The first-order chi connectivity index (χ1) is 15.5. The highest BCUT2D eigenvalue weighted by molar-refractivity contribution is 6.06. The molecule has 160 valence electrons. The van der Waals surface area contributed by atoms with Gasteiger partial charge in [-0.15, -0.1) is 0 Å². The fourth-order valence-corrected chi connectivity index (χ4v) is 3.19. The van der Waals surface area contributed by atoms with E-state index in [9.17, 15) is 14.4 Å². The summed E-state index contributed by atoms with van der Waals surface area (Å²) in [5.74, 6) is -0.694. The van der Waals surface area contributed by atoms with Crippen LogP contribution in [-0.4, -0.2) is 27.8 Å². The van der Waals surface area contributed by atoms with E-state index in [1.807, 2.05) is 6.07 Å². The number of benzene rings is 3. The molecule has 1 aromatic heterocycles. The van der Waals surface area contributed by atoms with Gasteiger partial charge in [0.25, 0.3) is 11.8 Å². The van der Waals surface area contributed by atoms with E-state index in [4.69, 9.17) is 4.74 Å². The predicted octanol–water partition coefficient (Wildman–Crippen LogP) is 3.67. The second-order valence-electron chi connectivity index (χ2n) is 7.09. The Kier molecular flexibility index (Phi) is 5.94. The summed E-state index contributed by atoms with van der Waals surface area (Å²) >= 11 is 0. The molecule has 8 nitrogen and oxygen atoms in total. The molecule has 0 bridgehead atoms. The molecule has 0 aliphatic rings. The topological polar surface area (TPSA) is 113 Å². The van der Waals surface area contributed by atoms with Crippen LogP contribution in [0.25, 0.3) is 11.0 Å².